The summed E-state index contributed by atoms with van der Waals surface area (Å²) in [4.78, 5) is 15.2. The third-order valence-corrected chi connectivity index (χ3v) is 3.93. The van der Waals surface area contributed by atoms with Crippen molar-refractivity contribution in [2.24, 2.45) is 0 Å². The van der Waals surface area contributed by atoms with Gasteiger partial charge in [0.1, 0.15) is 23.1 Å². The summed E-state index contributed by atoms with van der Waals surface area (Å²) >= 11 is 0. The Labute approximate surface area is 145 Å². The second kappa shape index (κ2) is 6.93. The molecule has 0 unspecified atom stereocenters. The minimum absolute atomic E-state index is 0.0336. The van der Waals surface area contributed by atoms with E-state index in [4.69, 9.17) is 9.47 Å². The van der Waals surface area contributed by atoms with Gasteiger partial charge in [-0.25, -0.2) is 0 Å². The summed E-state index contributed by atoms with van der Waals surface area (Å²) in [6.07, 6.45) is 0. The van der Waals surface area contributed by atoms with Crippen LogP contribution in [0.15, 0.2) is 59.4 Å². The fraction of sp³-hybridized carbons (Fsp3) is 0.100. The normalized spacial score (nSPS) is 10.1. The van der Waals surface area contributed by atoms with E-state index < -0.39 is 5.56 Å². The molecule has 0 bridgehead atoms. The fourth-order valence-corrected chi connectivity index (χ4v) is 2.68. The van der Waals surface area contributed by atoms with Crippen LogP contribution in [-0.4, -0.2) is 19.2 Å². The van der Waals surface area contributed by atoms with Gasteiger partial charge in [0, 0.05) is 16.8 Å². The Bertz CT molecular complexity index is 1000. The summed E-state index contributed by atoms with van der Waals surface area (Å²) in [5, 5.41) is 9.47. The third-order valence-electron chi connectivity index (χ3n) is 3.93. The van der Waals surface area contributed by atoms with E-state index in [0.717, 1.165) is 5.56 Å². The molecule has 0 aliphatic carbocycles. The minimum Gasteiger partial charge on any atom is -0.497 e. The van der Waals surface area contributed by atoms with Gasteiger partial charge in [0.05, 0.1) is 14.2 Å². The molecule has 0 spiro atoms. The lowest BCUT2D eigenvalue weighted by molar-refractivity contribution is 0.404. The standard InChI is InChI=1S/C20H16N2O3/c1-24-14-8-9-19(25-2)16(10-14)15-11-18(13-6-4-3-5-7-13)22-20(23)17(15)12-21/h3-11H,1-2H3,(H,22,23). The van der Waals surface area contributed by atoms with Gasteiger partial charge >= 0.3 is 0 Å². The molecule has 1 aromatic heterocycles. The molecule has 5 nitrogen and oxygen atoms in total. The Morgan fingerprint density at radius 2 is 1.72 bits per heavy atom. The molecule has 0 aliphatic heterocycles. The Kier molecular flexibility index (Phi) is 4.53. The highest BCUT2D eigenvalue weighted by molar-refractivity contribution is 5.79. The molecule has 2 aromatic carbocycles. The average molecular weight is 332 g/mol. The van der Waals surface area contributed by atoms with E-state index in [1.807, 2.05) is 36.4 Å². The number of pyridine rings is 1. The molecule has 0 aliphatic rings. The molecule has 5 heteroatoms. The van der Waals surface area contributed by atoms with Gasteiger partial charge in [-0.05, 0) is 29.8 Å². The van der Waals surface area contributed by atoms with Crippen LogP contribution in [-0.2, 0) is 0 Å². The molecule has 1 N–H and O–H groups in total. The second-order valence-electron chi connectivity index (χ2n) is 5.34. The molecule has 0 saturated carbocycles. The highest BCUT2D eigenvalue weighted by Gasteiger charge is 2.16. The first-order valence-electron chi connectivity index (χ1n) is 7.63. The molecule has 0 radical (unpaired) electrons. The lowest BCUT2D eigenvalue weighted by atomic mass is 9.98. The Balaban J connectivity index is 2.31. The summed E-state index contributed by atoms with van der Waals surface area (Å²) in [7, 11) is 3.10. The zero-order chi connectivity index (χ0) is 17.8. The van der Waals surface area contributed by atoms with E-state index in [-0.39, 0.29) is 5.56 Å². The highest BCUT2D eigenvalue weighted by Crippen LogP contribution is 2.35. The van der Waals surface area contributed by atoms with Crippen molar-refractivity contribution >= 4 is 0 Å². The van der Waals surface area contributed by atoms with Crippen LogP contribution in [0.25, 0.3) is 22.4 Å². The van der Waals surface area contributed by atoms with Crippen LogP contribution >= 0.6 is 0 Å². The average Bonchev–Trinajstić information content (AvgIpc) is 2.67. The van der Waals surface area contributed by atoms with Crippen molar-refractivity contribution in [2.45, 2.75) is 0 Å². The number of ether oxygens (including phenoxy) is 2. The van der Waals surface area contributed by atoms with E-state index in [0.29, 0.717) is 28.3 Å². The van der Waals surface area contributed by atoms with Gasteiger partial charge in [0.25, 0.3) is 5.56 Å². The minimum atomic E-state index is -0.441. The summed E-state index contributed by atoms with van der Waals surface area (Å²) in [6.45, 7) is 0. The first kappa shape index (κ1) is 16.3. The van der Waals surface area contributed by atoms with Crippen LogP contribution in [0.1, 0.15) is 5.56 Å². The van der Waals surface area contributed by atoms with Gasteiger partial charge in [0.2, 0.25) is 0 Å². The molecule has 0 atom stereocenters. The van der Waals surface area contributed by atoms with Crippen LogP contribution in [0, 0.1) is 11.3 Å². The Morgan fingerprint density at radius 3 is 2.36 bits per heavy atom. The van der Waals surface area contributed by atoms with Crippen molar-refractivity contribution < 1.29 is 9.47 Å². The van der Waals surface area contributed by atoms with Crippen molar-refractivity contribution in [3.8, 4) is 40.0 Å². The molecule has 0 saturated heterocycles. The summed E-state index contributed by atoms with van der Waals surface area (Å²) < 4.78 is 10.7. The number of aromatic amines is 1. The Morgan fingerprint density at radius 1 is 0.960 bits per heavy atom. The first-order chi connectivity index (χ1) is 12.2. The number of benzene rings is 2. The second-order valence-corrected chi connectivity index (χ2v) is 5.34. The van der Waals surface area contributed by atoms with Crippen LogP contribution in [0.2, 0.25) is 0 Å². The van der Waals surface area contributed by atoms with Gasteiger partial charge in [-0.2, -0.15) is 5.26 Å². The first-order valence-corrected chi connectivity index (χ1v) is 7.63. The van der Waals surface area contributed by atoms with Gasteiger partial charge in [-0.15, -0.1) is 0 Å². The van der Waals surface area contributed by atoms with Gasteiger partial charge in [-0.3, -0.25) is 4.79 Å². The topological polar surface area (TPSA) is 75.1 Å². The summed E-state index contributed by atoms with van der Waals surface area (Å²) in [6, 6.07) is 18.5. The third kappa shape index (κ3) is 3.10. The zero-order valence-corrected chi connectivity index (χ0v) is 13.9. The van der Waals surface area contributed by atoms with E-state index in [9.17, 15) is 10.1 Å². The molecule has 124 valence electrons. The van der Waals surface area contributed by atoms with Crippen molar-refractivity contribution in [3.63, 3.8) is 0 Å². The smallest absolute Gasteiger partial charge is 0.266 e. The zero-order valence-electron chi connectivity index (χ0n) is 13.9. The largest absolute Gasteiger partial charge is 0.497 e. The quantitative estimate of drug-likeness (QED) is 0.792. The number of rotatable bonds is 4. The van der Waals surface area contributed by atoms with Gasteiger partial charge < -0.3 is 14.5 Å². The van der Waals surface area contributed by atoms with Gasteiger partial charge in [-0.1, -0.05) is 30.3 Å². The molecule has 3 aromatic rings. The van der Waals surface area contributed by atoms with Crippen LogP contribution in [0.5, 0.6) is 11.5 Å². The molecule has 25 heavy (non-hydrogen) atoms. The molecule has 0 amide bonds. The maximum absolute atomic E-state index is 12.4. The monoisotopic (exact) mass is 332 g/mol. The van der Waals surface area contributed by atoms with Crippen molar-refractivity contribution in [2.75, 3.05) is 14.2 Å². The summed E-state index contributed by atoms with van der Waals surface area (Å²) in [5.74, 6) is 1.17. The van der Waals surface area contributed by atoms with E-state index >= 15 is 0 Å². The van der Waals surface area contributed by atoms with E-state index in [1.54, 1.807) is 38.5 Å². The SMILES string of the molecule is COc1ccc(OC)c(-c2cc(-c3ccccc3)[nH]c(=O)c2C#N)c1. The van der Waals surface area contributed by atoms with Gasteiger partial charge in [0.15, 0.2) is 0 Å². The van der Waals surface area contributed by atoms with E-state index in [1.165, 1.54) is 0 Å². The lowest BCUT2D eigenvalue weighted by Crippen LogP contribution is -2.13. The molecule has 0 fully saturated rings. The van der Waals surface area contributed by atoms with Crippen molar-refractivity contribution in [3.05, 3.63) is 70.5 Å². The van der Waals surface area contributed by atoms with Crippen LogP contribution < -0.4 is 15.0 Å². The predicted molar refractivity (Wildman–Crippen MR) is 95.8 cm³/mol. The number of nitrogens with zero attached hydrogens (tertiary/aromatic N) is 1. The number of nitrogens with one attached hydrogen (secondary N) is 1. The number of hydrogen-bond donors (Lipinski definition) is 1. The van der Waals surface area contributed by atoms with Crippen LogP contribution in [0.3, 0.4) is 0 Å². The number of hydrogen-bond acceptors (Lipinski definition) is 4. The van der Waals surface area contributed by atoms with Crippen LogP contribution in [0.4, 0.5) is 0 Å². The number of methoxy groups -OCH3 is 2. The highest BCUT2D eigenvalue weighted by atomic mass is 16.5. The molecular weight excluding hydrogens is 316 g/mol. The fourth-order valence-electron chi connectivity index (χ4n) is 2.68. The maximum atomic E-state index is 12.4. The molecule has 3 rings (SSSR count). The number of aromatic nitrogens is 1. The maximum Gasteiger partial charge on any atom is 0.266 e. The van der Waals surface area contributed by atoms with Crippen molar-refractivity contribution in [1.29, 1.82) is 5.26 Å². The van der Waals surface area contributed by atoms with E-state index in [2.05, 4.69) is 4.98 Å². The summed E-state index contributed by atoms with van der Waals surface area (Å²) in [5.41, 5.74) is 2.20. The molecule has 1 heterocycles. The number of H-pyrrole nitrogens is 1. The lowest BCUT2D eigenvalue weighted by Gasteiger charge is -2.13. The number of nitriles is 1. The van der Waals surface area contributed by atoms with Crippen molar-refractivity contribution in [1.82, 2.24) is 4.98 Å². The Hall–Kier alpha value is -3.52. The molecular formula is C20H16N2O3. The predicted octanol–water partition coefficient (Wildman–Crippen LogP) is 3.60.